The Morgan fingerprint density at radius 3 is 2.71 bits per heavy atom. The zero-order valence-corrected chi connectivity index (χ0v) is 21.4. The zero-order chi connectivity index (χ0) is 25.1. The molecule has 190 valence electrons. The first kappa shape index (κ1) is 25.9. The molecule has 3 heterocycles. The summed E-state index contributed by atoms with van der Waals surface area (Å²) in [5.41, 5.74) is 0.362. The number of carbonyl (C=O) groups is 1. The Hall–Kier alpha value is -2.22. The fraction of sp³-hybridized carbons (Fsp3) is 0.556. The molecule has 0 saturated carbocycles. The predicted molar refractivity (Wildman–Crippen MR) is 132 cm³/mol. The normalized spacial score (nSPS) is 24.5. The molecule has 6 nitrogen and oxygen atoms in total. The number of pyridine rings is 1. The molecule has 1 spiro atoms. The van der Waals surface area contributed by atoms with Crippen LogP contribution in [0.1, 0.15) is 57.7 Å². The molecule has 2 aliphatic heterocycles. The van der Waals surface area contributed by atoms with E-state index >= 15 is 0 Å². The van der Waals surface area contributed by atoms with Gasteiger partial charge in [-0.25, -0.2) is 9.18 Å². The third kappa shape index (κ3) is 6.51. The van der Waals surface area contributed by atoms with E-state index in [2.05, 4.69) is 4.98 Å². The fourth-order valence-electron chi connectivity index (χ4n) is 5.08. The average molecular weight is 505 g/mol. The van der Waals surface area contributed by atoms with Gasteiger partial charge >= 0.3 is 6.09 Å². The monoisotopic (exact) mass is 504 g/mol. The summed E-state index contributed by atoms with van der Waals surface area (Å²) in [6, 6.07) is 10.7. The van der Waals surface area contributed by atoms with Gasteiger partial charge in [0.25, 0.3) is 0 Å². The number of carbonyl (C=O) groups excluding carboxylic acids is 1. The molecule has 35 heavy (non-hydrogen) atoms. The Bertz CT molecular complexity index is 1020. The lowest BCUT2D eigenvalue weighted by atomic mass is 9.68. The second-order valence-electron chi connectivity index (χ2n) is 10.7. The van der Waals surface area contributed by atoms with Crippen molar-refractivity contribution in [1.82, 2.24) is 9.88 Å². The van der Waals surface area contributed by atoms with E-state index in [1.54, 1.807) is 11.0 Å². The number of hydrogen-bond acceptors (Lipinski definition) is 5. The number of hydrogen-bond donors (Lipinski definition) is 0. The Morgan fingerprint density at radius 2 is 2.06 bits per heavy atom. The number of aromatic nitrogens is 1. The highest BCUT2D eigenvalue weighted by Crippen LogP contribution is 2.46. The molecule has 4 rings (SSSR count). The summed E-state index contributed by atoms with van der Waals surface area (Å²) in [5.74, 6) is -0.369. The Morgan fingerprint density at radius 1 is 1.23 bits per heavy atom. The molecule has 1 aromatic heterocycles. The SMILES string of the molecule is CC(C)(C)OC(=O)N(CC[C@@]1(c2ccc(F)cn2)CCO[C@]2(CCOC2)C1)Cc1cccc(Cl)c1. The van der Waals surface area contributed by atoms with E-state index in [9.17, 15) is 9.18 Å². The lowest BCUT2D eigenvalue weighted by Crippen LogP contribution is -2.50. The molecular formula is C27H34ClFN2O4. The van der Waals surface area contributed by atoms with E-state index < -0.39 is 5.60 Å². The van der Waals surface area contributed by atoms with Gasteiger partial charge in [-0.3, -0.25) is 4.98 Å². The van der Waals surface area contributed by atoms with Gasteiger partial charge in [0.2, 0.25) is 0 Å². The van der Waals surface area contributed by atoms with Crippen molar-refractivity contribution >= 4 is 17.7 Å². The number of amides is 1. The maximum absolute atomic E-state index is 13.7. The maximum Gasteiger partial charge on any atom is 0.410 e. The standard InChI is InChI=1S/C27H34ClFN2O4/c1-25(2,3)35-24(32)31(17-20-5-4-6-21(28)15-20)12-9-26(23-8-7-22(29)16-30-23)10-14-34-27(18-26)11-13-33-19-27/h4-8,15-16H,9-14,17-19H2,1-3H3/t26-,27-/m1/s1. The molecule has 0 aliphatic carbocycles. The first-order chi connectivity index (χ1) is 16.6. The smallest absolute Gasteiger partial charge is 0.410 e. The summed E-state index contributed by atoms with van der Waals surface area (Å²) in [4.78, 5) is 19.4. The van der Waals surface area contributed by atoms with E-state index in [1.807, 2.05) is 45.0 Å². The lowest BCUT2D eigenvalue weighted by Gasteiger charge is -2.46. The number of halogens is 2. The third-order valence-electron chi connectivity index (χ3n) is 6.76. The lowest BCUT2D eigenvalue weighted by molar-refractivity contribution is -0.110. The number of ether oxygens (including phenoxy) is 3. The van der Waals surface area contributed by atoms with Crippen molar-refractivity contribution in [3.05, 3.63) is 64.7 Å². The van der Waals surface area contributed by atoms with Crippen molar-refractivity contribution in [3.8, 4) is 0 Å². The molecule has 8 heteroatoms. The van der Waals surface area contributed by atoms with Crippen LogP contribution in [0.2, 0.25) is 5.02 Å². The van der Waals surface area contributed by atoms with Crippen LogP contribution in [-0.4, -0.2) is 53.5 Å². The van der Waals surface area contributed by atoms with Crippen LogP contribution in [0.5, 0.6) is 0 Å². The Kier molecular flexibility index (Phi) is 7.69. The number of nitrogens with zero attached hydrogens (tertiary/aromatic N) is 2. The van der Waals surface area contributed by atoms with E-state index in [4.69, 9.17) is 25.8 Å². The summed E-state index contributed by atoms with van der Waals surface area (Å²) >= 11 is 6.20. The minimum Gasteiger partial charge on any atom is -0.444 e. The molecule has 2 saturated heterocycles. The van der Waals surface area contributed by atoms with Crippen LogP contribution in [0.4, 0.5) is 9.18 Å². The van der Waals surface area contributed by atoms with Crippen LogP contribution in [0.15, 0.2) is 42.6 Å². The van der Waals surface area contributed by atoms with Gasteiger partial charge in [-0.2, -0.15) is 0 Å². The van der Waals surface area contributed by atoms with Gasteiger partial charge in [-0.05, 0) is 69.9 Å². The molecule has 2 fully saturated rings. The second-order valence-corrected chi connectivity index (χ2v) is 11.1. The van der Waals surface area contributed by atoms with Crippen molar-refractivity contribution in [1.29, 1.82) is 0 Å². The van der Waals surface area contributed by atoms with Crippen LogP contribution in [0.3, 0.4) is 0 Å². The topological polar surface area (TPSA) is 60.9 Å². The molecule has 2 aliphatic rings. The average Bonchev–Trinajstić information content (AvgIpc) is 3.23. The van der Waals surface area contributed by atoms with Crippen molar-refractivity contribution in [3.63, 3.8) is 0 Å². The van der Waals surface area contributed by atoms with Gasteiger partial charge in [0.15, 0.2) is 0 Å². The van der Waals surface area contributed by atoms with Crippen molar-refractivity contribution in [2.75, 3.05) is 26.4 Å². The zero-order valence-electron chi connectivity index (χ0n) is 20.7. The van der Waals surface area contributed by atoms with Crippen LogP contribution in [0.25, 0.3) is 0 Å². The van der Waals surface area contributed by atoms with Gasteiger partial charge < -0.3 is 19.1 Å². The fourth-order valence-corrected chi connectivity index (χ4v) is 5.29. The quantitative estimate of drug-likeness (QED) is 0.489. The van der Waals surface area contributed by atoms with Crippen molar-refractivity contribution < 1.29 is 23.4 Å². The summed E-state index contributed by atoms with van der Waals surface area (Å²) in [7, 11) is 0. The minimum atomic E-state index is -0.621. The molecule has 2 atom stereocenters. The van der Waals surface area contributed by atoms with Crippen LogP contribution < -0.4 is 0 Å². The largest absolute Gasteiger partial charge is 0.444 e. The van der Waals surface area contributed by atoms with Gasteiger partial charge in [0, 0.05) is 48.9 Å². The highest BCUT2D eigenvalue weighted by molar-refractivity contribution is 6.30. The van der Waals surface area contributed by atoms with E-state index in [1.165, 1.54) is 12.3 Å². The van der Waals surface area contributed by atoms with Crippen LogP contribution >= 0.6 is 11.6 Å². The van der Waals surface area contributed by atoms with Gasteiger partial charge in [-0.1, -0.05) is 23.7 Å². The van der Waals surface area contributed by atoms with Crippen LogP contribution in [-0.2, 0) is 26.2 Å². The molecule has 0 N–H and O–H groups in total. The first-order valence-electron chi connectivity index (χ1n) is 12.1. The summed E-state index contributed by atoms with van der Waals surface area (Å²) in [6.45, 7) is 8.13. The highest BCUT2D eigenvalue weighted by atomic mass is 35.5. The molecule has 0 unspecified atom stereocenters. The Labute approximate surface area is 211 Å². The molecular weight excluding hydrogens is 471 g/mol. The summed E-state index contributed by atoms with van der Waals surface area (Å²) in [6.07, 6.45) is 3.77. The summed E-state index contributed by atoms with van der Waals surface area (Å²) < 4.78 is 31.4. The third-order valence-corrected chi connectivity index (χ3v) is 7.00. The predicted octanol–water partition coefficient (Wildman–Crippen LogP) is 5.91. The molecule has 2 aromatic rings. The van der Waals surface area contributed by atoms with Crippen molar-refractivity contribution in [2.24, 2.45) is 0 Å². The minimum absolute atomic E-state index is 0.368. The van der Waals surface area contributed by atoms with Gasteiger partial charge in [0.1, 0.15) is 11.4 Å². The number of rotatable bonds is 6. The van der Waals surface area contributed by atoms with Gasteiger partial charge in [0.05, 0.1) is 18.4 Å². The maximum atomic E-state index is 13.7. The second kappa shape index (κ2) is 10.4. The number of benzene rings is 1. The molecule has 1 aromatic carbocycles. The molecule has 1 amide bonds. The molecule has 0 radical (unpaired) electrons. The summed E-state index contributed by atoms with van der Waals surface area (Å²) in [5, 5.41) is 0.617. The van der Waals surface area contributed by atoms with Crippen molar-refractivity contribution in [2.45, 2.75) is 69.6 Å². The highest BCUT2D eigenvalue weighted by Gasteiger charge is 2.49. The van der Waals surface area contributed by atoms with E-state index in [0.29, 0.717) is 50.8 Å². The van der Waals surface area contributed by atoms with Gasteiger partial charge in [-0.15, -0.1) is 0 Å². The van der Waals surface area contributed by atoms with E-state index in [0.717, 1.165) is 24.1 Å². The van der Waals surface area contributed by atoms with Crippen LogP contribution in [0, 0.1) is 5.82 Å². The molecule has 0 bridgehead atoms. The first-order valence-corrected chi connectivity index (χ1v) is 12.5. The van der Waals surface area contributed by atoms with E-state index in [-0.39, 0.29) is 22.9 Å². The Balaban J connectivity index is 1.61.